The fourth-order valence-electron chi connectivity index (χ4n) is 4.01. The summed E-state index contributed by atoms with van der Waals surface area (Å²) in [5, 5.41) is 21.8. The molecule has 240 valence electrons. The number of carbonyl (C=O) groups is 5. The fraction of sp³-hybridized carbons (Fsp3) is 0.114. The molecule has 1 unspecified atom stereocenters. The summed E-state index contributed by atoms with van der Waals surface area (Å²) in [6.45, 7) is 3.43. The van der Waals surface area contributed by atoms with Crippen LogP contribution in [0.1, 0.15) is 45.2 Å². The van der Waals surface area contributed by atoms with Crippen LogP contribution in [-0.4, -0.2) is 47.1 Å². The number of ether oxygens (including phenoxy) is 4. The number of anilines is 1. The van der Waals surface area contributed by atoms with Crippen molar-refractivity contribution >= 4 is 35.5 Å². The number of aliphatic hydroxyl groups is 1. The van der Waals surface area contributed by atoms with Gasteiger partial charge in [0.25, 0.3) is 5.91 Å². The van der Waals surface area contributed by atoms with Gasteiger partial charge in [-0.2, -0.15) is 0 Å². The van der Waals surface area contributed by atoms with Crippen LogP contribution in [0, 0.1) is 0 Å². The zero-order chi connectivity index (χ0) is 33.9. The van der Waals surface area contributed by atoms with E-state index < -0.39 is 42.3 Å². The van der Waals surface area contributed by atoms with E-state index >= 15 is 0 Å². The minimum atomic E-state index is -1.21. The topological polar surface area (TPSA) is 175 Å². The molecule has 0 saturated carbocycles. The van der Waals surface area contributed by atoms with E-state index in [4.69, 9.17) is 24.1 Å². The van der Waals surface area contributed by atoms with Gasteiger partial charge in [0.2, 0.25) is 0 Å². The first-order valence-corrected chi connectivity index (χ1v) is 14.0. The number of benzene rings is 4. The Hall–Kier alpha value is -6.27. The quantitative estimate of drug-likeness (QED) is 0.100. The zero-order valence-corrected chi connectivity index (χ0v) is 25.0. The van der Waals surface area contributed by atoms with Gasteiger partial charge >= 0.3 is 23.9 Å². The Morgan fingerprint density at radius 3 is 1.62 bits per heavy atom. The Morgan fingerprint density at radius 2 is 1.13 bits per heavy atom. The highest BCUT2D eigenvalue weighted by Crippen LogP contribution is 2.24. The van der Waals surface area contributed by atoms with Crippen molar-refractivity contribution in [1.29, 1.82) is 0 Å². The fourth-order valence-corrected chi connectivity index (χ4v) is 4.01. The Balaban J connectivity index is 1.24. The average molecular weight is 640 g/mol. The lowest BCUT2D eigenvalue weighted by atomic mass is 10.1. The van der Waals surface area contributed by atoms with Crippen LogP contribution in [0.2, 0.25) is 0 Å². The first-order chi connectivity index (χ1) is 22.5. The Morgan fingerprint density at radius 1 is 0.681 bits per heavy atom. The maximum Gasteiger partial charge on any atom is 0.343 e. The third kappa shape index (κ3) is 9.86. The predicted molar refractivity (Wildman–Crippen MR) is 167 cm³/mol. The lowest BCUT2D eigenvalue weighted by Gasteiger charge is -2.12. The molecule has 0 radical (unpaired) electrons. The predicted octanol–water partition coefficient (Wildman–Crippen LogP) is 5.13. The van der Waals surface area contributed by atoms with Crippen molar-refractivity contribution in [2.24, 2.45) is 0 Å². The van der Waals surface area contributed by atoms with E-state index in [1.807, 2.05) is 0 Å². The molecule has 0 heterocycles. The lowest BCUT2D eigenvalue weighted by molar-refractivity contribution is -0.137. The molecular weight excluding hydrogens is 610 g/mol. The Bertz CT molecular complexity index is 1760. The number of carboxylic acid groups (broad SMARTS) is 1. The van der Waals surface area contributed by atoms with E-state index in [0.29, 0.717) is 22.6 Å². The maximum atomic E-state index is 12.6. The van der Waals surface area contributed by atoms with Gasteiger partial charge in [0, 0.05) is 11.3 Å². The molecule has 0 saturated heterocycles. The van der Waals surface area contributed by atoms with E-state index in [9.17, 15) is 29.1 Å². The summed E-state index contributed by atoms with van der Waals surface area (Å²) >= 11 is 0. The summed E-state index contributed by atoms with van der Waals surface area (Å²) in [6.07, 6.45) is -2.08. The number of carbonyl (C=O) groups excluding carboxylic acids is 4. The van der Waals surface area contributed by atoms with Gasteiger partial charge in [0.1, 0.15) is 23.0 Å². The number of carboxylic acids is 1. The molecule has 12 nitrogen and oxygen atoms in total. The minimum absolute atomic E-state index is 0.120. The van der Waals surface area contributed by atoms with Gasteiger partial charge in [-0.05, 0) is 90.5 Å². The van der Waals surface area contributed by atoms with Gasteiger partial charge < -0.3 is 34.5 Å². The molecule has 0 aliphatic rings. The number of hydrogen-bond donors (Lipinski definition) is 3. The highest BCUT2D eigenvalue weighted by atomic mass is 16.5. The molecule has 1 atom stereocenters. The van der Waals surface area contributed by atoms with Crippen LogP contribution in [0.5, 0.6) is 23.0 Å². The summed E-state index contributed by atoms with van der Waals surface area (Å²) in [7, 11) is 1.52. The van der Waals surface area contributed by atoms with Crippen LogP contribution < -0.4 is 24.3 Å². The van der Waals surface area contributed by atoms with Crippen molar-refractivity contribution in [1.82, 2.24) is 0 Å². The third-order valence-electron chi connectivity index (χ3n) is 6.49. The second kappa shape index (κ2) is 15.6. The smallest absolute Gasteiger partial charge is 0.343 e. The number of esters is 3. The summed E-state index contributed by atoms with van der Waals surface area (Å²) in [5.74, 6) is -2.59. The molecule has 0 aliphatic heterocycles. The van der Waals surface area contributed by atoms with Crippen LogP contribution in [0.3, 0.4) is 0 Å². The van der Waals surface area contributed by atoms with Gasteiger partial charge in [0.15, 0.2) is 0 Å². The molecule has 0 spiro atoms. The zero-order valence-electron chi connectivity index (χ0n) is 25.0. The highest BCUT2D eigenvalue weighted by Gasteiger charge is 2.17. The molecule has 12 heteroatoms. The van der Waals surface area contributed by atoms with Crippen molar-refractivity contribution in [3.63, 3.8) is 0 Å². The van der Waals surface area contributed by atoms with Crippen LogP contribution in [0.4, 0.5) is 5.69 Å². The Kier molecular flexibility index (Phi) is 11.2. The van der Waals surface area contributed by atoms with Gasteiger partial charge in [-0.25, -0.2) is 9.59 Å². The molecule has 0 aromatic heterocycles. The third-order valence-corrected chi connectivity index (χ3v) is 6.49. The standard InChI is InChI=1S/C35H29NO11/c1-21(19-31(38)39)33(41)36-25-9-17-27(18-10-25)45-32(40)20-30(37)22-3-13-28(14-4-22)46-35(43)24-7-15-29(16-8-24)47-34(42)23-5-11-26(44-2)12-6-23/h3-18,30,37H,1,19-20H2,2H3,(H,36,41)(H,38,39). The summed E-state index contributed by atoms with van der Waals surface area (Å²) < 4.78 is 21.0. The van der Waals surface area contributed by atoms with Crippen molar-refractivity contribution in [2.45, 2.75) is 18.9 Å². The van der Waals surface area contributed by atoms with Gasteiger partial charge in [-0.1, -0.05) is 18.7 Å². The first kappa shape index (κ1) is 33.6. The molecule has 3 N–H and O–H groups in total. The number of hydrogen-bond acceptors (Lipinski definition) is 10. The summed E-state index contributed by atoms with van der Waals surface area (Å²) in [4.78, 5) is 60.0. The highest BCUT2D eigenvalue weighted by molar-refractivity contribution is 6.05. The lowest BCUT2D eigenvalue weighted by Crippen LogP contribution is -2.16. The summed E-state index contributed by atoms with van der Waals surface area (Å²) in [6, 6.07) is 23.9. The maximum absolute atomic E-state index is 12.6. The largest absolute Gasteiger partial charge is 0.497 e. The molecular formula is C35H29NO11. The average Bonchev–Trinajstić information content (AvgIpc) is 3.06. The molecule has 4 aromatic carbocycles. The van der Waals surface area contributed by atoms with E-state index in [0.717, 1.165) is 0 Å². The molecule has 0 aliphatic carbocycles. The van der Waals surface area contributed by atoms with E-state index in [-0.39, 0.29) is 34.8 Å². The number of methoxy groups -OCH3 is 1. The molecule has 4 rings (SSSR count). The van der Waals surface area contributed by atoms with Crippen molar-refractivity contribution in [3.8, 4) is 23.0 Å². The van der Waals surface area contributed by atoms with Gasteiger partial charge in [0.05, 0.1) is 37.2 Å². The van der Waals surface area contributed by atoms with Crippen LogP contribution >= 0.6 is 0 Å². The molecule has 1 amide bonds. The molecule has 47 heavy (non-hydrogen) atoms. The van der Waals surface area contributed by atoms with E-state index in [1.165, 1.54) is 79.9 Å². The molecule has 0 fully saturated rings. The number of aliphatic carboxylic acids is 1. The minimum Gasteiger partial charge on any atom is -0.497 e. The Labute approximate surface area is 268 Å². The first-order valence-electron chi connectivity index (χ1n) is 14.0. The number of rotatable bonds is 13. The SMILES string of the molecule is C=C(CC(=O)O)C(=O)Nc1ccc(OC(=O)CC(O)c2ccc(OC(=O)c3ccc(OC(=O)c4ccc(OC)cc4)cc3)cc2)cc1. The second-order valence-electron chi connectivity index (χ2n) is 9.95. The monoisotopic (exact) mass is 639 g/mol. The normalized spacial score (nSPS) is 11.0. The number of nitrogens with one attached hydrogen (secondary N) is 1. The van der Waals surface area contributed by atoms with Crippen LogP contribution in [0.25, 0.3) is 0 Å². The van der Waals surface area contributed by atoms with Crippen molar-refractivity contribution < 1.29 is 53.1 Å². The summed E-state index contributed by atoms with van der Waals surface area (Å²) in [5.41, 5.74) is 1.14. The van der Waals surface area contributed by atoms with Gasteiger partial charge in [-0.3, -0.25) is 14.4 Å². The number of amides is 1. The van der Waals surface area contributed by atoms with Gasteiger partial charge in [-0.15, -0.1) is 0 Å². The second-order valence-corrected chi connectivity index (χ2v) is 9.95. The van der Waals surface area contributed by atoms with E-state index in [2.05, 4.69) is 11.9 Å². The van der Waals surface area contributed by atoms with E-state index in [1.54, 1.807) is 24.3 Å². The van der Waals surface area contributed by atoms with Crippen molar-refractivity contribution in [3.05, 3.63) is 126 Å². The molecule has 0 bridgehead atoms. The van der Waals surface area contributed by atoms with Crippen LogP contribution in [-0.2, 0) is 14.4 Å². The number of aliphatic hydroxyl groups excluding tert-OH is 1. The van der Waals surface area contributed by atoms with Crippen molar-refractivity contribution in [2.75, 3.05) is 12.4 Å². The van der Waals surface area contributed by atoms with Crippen LogP contribution in [0.15, 0.2) is 109 Å². The molecule has 4 aromatic rings.